The molecule has 1 heterocycles. The fourth-order valence-electron chi connectivity index (χ4n) is 2.00. The third kappa shape index (κ3) is 2.17. The lowest BCUT2D eigenvalue weighted by Gasteiger charge is -2.07. The zero-order chi connectivity index (χ0) is 14.4. The minimum absolute atomic E-state index is 0.150. The van der Waals surface area contributed by atoms with Crippen molar-refractivity contribution < 1.29 is 8.78 Å². The van der Waals surface area contributed by atoms with E-state index in [9.17, 15) is 8.78 Å². The Balaban J connectivity index is 2.40. The van der Waals surface area contributed by atoms with Gasteiger partial charge in [0.1, 0.15) is 11.6 Å². The van der Waals surface area contributed by atoms with Gasteiger partial charge in [-0.25, -0.2) is 8.78 Å². The summed E-state index contributed by atoms with van der Waals surface area (Å²) in [5, 5.41) is 0.502. The molecule has 0 amide bonds. The molecule has 0 bridgehead atoms. The van der Waals surface area contributed by atoms with Crippen LogP contribution in [0.1, 0.15) is 0 Å². The number of benzene rings is 2. The molecule has 0 aliphatic heterocycles. The van der Waals surface area contributed by atoms with Crippen molar-refractivity contribution in [3.05, 3.63) is 56.2 Å². The largest absolute Gasteiger partial charge is 0.330 e. The maximum atomic E-state index is 14.0. The van der Waals surface area contributed by atoms with Crippen LogP contribution in [0.15, 0.2) is 34.8 Å². The van der Waals surface area contributed by atoms with Crippen molar-refractivity contribution in [1.82, 2.24) is 9.55 Å². The summed E-state index contributed by atoms with van der Waals surface area (Å²) in [4.78, 5) is 2.96. The topological polar surface area (TPSA) is 20.7 Å². The fourth-order valence-corrected chi connectivity index (χ4v) is 2.80. The number of imidazole rings is 1. The van der Waals surface area contributed by atoms with Gasteiger partial charge in [0.15, 0.2) is 4.77 Å². The van der Waals surface area contributed by atoms with Gasteiger partial charge in [-0.15, -0.1) is 0 Å². The molecule has 1 aromatic heterocycles. The number of hydrogen-bond acceptors (Lipinski definition) is 1. The molecule has 3 aromatic rings. The van der Waals surface area contributed by atoms with E-state index < -0.39 is 11.6 Å². The second-order valence-electron chi connectivity index (χ2n) is 4.14. The molecule has 3 rings (SSSR count). The van der Waals surface area contributed by atoms with E-state index in [0.29, 0.717) is 15.3 Å². The summed E-state index contributed by atoms with van der Waals surface area (Å²) < 4.78 is 29.3. The molecule has 2 aromatic carbocycles. The number of rotatable bonds is 1. The molecule has 0 aliphatic carbocycles. The Morgan fingerprint density at radius 3 is 2.65 bits per heavy atom. The zero-order valence-electron chi connectivity index (χ0n) is 9.75. The van der Waals surface area contributed by atoms with Crippen LogP contribution in [0.5, 0.6) is 0 Å². The molecule has 0 saturated carbocycles. The van der Waals surface area contributed by atoms with Gasteiger partial charge in [-0.05, 0) is 52.4 Å². The predicted octanol–water partition coefficient (Wildman–Crippen LogP) is 5.38. The predicted molar refractivity (Wildman–Crippen MR) is 81.1 cm³/mol. The van der Waals surface area contributed by atoms with Crippen LogP contribution in [-0.2, 0) is 0 Å². The van der Waals surface area contributed by atoms with Gasteiger partial charge < -0.3 is 4.98 Å². The SMILES string of the molecule is Fc1cc(F)c(-n2c(=S)[nH]c3ccc(Cl)cc32)cc1Br. The van der Waals surface area contributed by atoms with Crippen LogP contribution >= 0.6 is 39.7 Å². The lowest BCUT2D eigenvalue weighted by Crippen LogP contribution is -1.99. The highest BCUT2D eigenvalue weighted by molar-refractivity contribution is 9.10. The van der Waals surface area contributed by atoms with Gasteiger partial charge in [-0.3, -0.25) is 4.57 Å². The van der Waals surface area contributed by atoms with Crippen LogP contribution in [-0.4, -0.2) is 9.55 Å². The summed E-state index contributed by atoms with van der Waals surface area (Å²) in [5.74, 6) is -1.38. The molecular formula is C13H6BrClF2N2S. The van der Waals surface area contributed by atoms with E-state index in [1.165, 1.54) is 10.6 Å². The smallest absolute Gasteiger partial charge is 0.182 e. The number of halogens is 4. The Morgan fingerprint density at radius 1 is 1.15 bits per heavy atom. The van der Waals surface area contributed by atoms with Gasteiger partial charge in [0.25, 0.3) is 0 Å². The second kappa shape index (κ2) is 4.95. The van der Waals surface area contributed by atoms with Crippen LogP contribution in [0.3, 0.4) is 0 Å². The van der Waals surface area contributed by atoms with Gasteiger partial charge in [0.2, 0.25) is 0 Å². The first-order chi connectivity index (χ1) is 9.47. The first kappa shape index (κ1) is 13.7. The molecule has 102 valence electrons. The van der Waals surface area contributed by atoms with Crippen LogP contribution in [0.25, 0.3) is 16.7 Å². The second-order valence-corrected chi connectivity index (χ2v) is 5.82. The molecule has 0 fully saturated rings. The summed E-state index contributed by atoms with van der Waals surface area (Å²) in [5.41, 5.74) is 1.50. The molecule has 0 radical (unpaired) electrons. The molecule has 20 heavy (non-hydrogen) atoms. The summed E-state index contributed by atoms with van der Waals surface area (Å²) in [6.45, 7) is 0. The summed E-state index contributed by atoms with van der Waals surface area (Å²) >= 11 is 14.2. The third-order valence-electron chi connectivity index (χ3n) is 2.88. The van der Waals surface area contributed by atoms with Crippen molar-refractivity contribution in [3.8, 4) is 5.69 Å². The van der Waals surface area contributed by atoms with Crippen molar-refractivity contribution in [1.29, 1.82) is 0 Å². The maximum absolute atomic E-state index is 14.0. The molecule has 0 unspecified atom stereocenters. The molecule has 0 spiro atoms. The van der Waals surface area contributed by atoms with E-state index in [1.807, 2.05) is 0 Å². The first-order valence-electron chi connectivity index (χ1n) is 5.52. The third-order valence-corrected chi connectivity index (χ3v) is 4.00. The highest BCUT2D eigenvalue weighted by atomic mass is 79.9. The molecule has 1 N–H and O–H groups in total. The van der Waals surface area contributed by atoms with Crippen LogP contribution < -0.4 is 0 Å². The lowest BCUT2D eigenvalue weighted by atomic mass is 10.2. The number of fused-ring (bicyclic) bond motifs is 1. The lowest BCUT2D eigenvalue weighted by molar-refractivity contribution is 0.574. The number of aromatic nitrogens is 2. The Bertz CT molecular complexity index is 888. The van der Waals surface area contributed by atoms with E-state index >= 15 is 0 Å². The molecule has 0 atom stereocenters. The summed E-state index contributed by atoms with van der Waals surface area (Å²) in [7, 11) is 0. The van der Waals surface area contributed by atoms with Crippen LogP contribution in [0.4, 0.5) is 8.78 Å². The van der Waals surface area contributed by atoms with Gasteiger partial charge in [0, 0.05) is 11.1 Å². The van der Waals surface area contributed by atoms with Crippen molar-refractivity contribution in [2.75, 3.05) is 0 Å². The Hall–Kier alpha value is -1.24. The highest BCUT2D eigenvalue weighted by Crippen LogP contribution is 2.27. The van der Waals surface area contributed by atoms with Gasteiger partial charge in [0.05, 0.1) is 21.2 Å². The van der Waals surface area contributed by atoms with Gasteiger partial charge >= 0.3 is 0 Å². The standard InChI is InChI=1S/C13H6BrClF2N2S/c14-7-4-11(9(17)5-8(7)16)19-12-3-6(15)1-2-10(12)18-13(19)20/h1-5H,(H,18,20). The minimum atomic E-state index is -0.706. The zero-order valence-corrected chi connectivity index (χ0v) is 12.9. The average molecular weight is 376 g/mol. The Morgan fingerprint density at radius 2 is 1.90 bits per heavy atom. The van der Waals surface area contributed by atoms with Crippen molar-refractivity contribution in [2.24, 2.45) is 0 Å². The average Bonchev–Trinajstić information content (AvgIpc) is 2.69. The van der Waals surface area contributed by atoms with E-state index in [2.05, 4.69) is 20.9 Å². The quantitative estimate of drug-likeness (QED) is 0.447. The summed E-state index contributed by atoms with van der Waals surface area (Å²) in [6, 6.07) is 7.27. The normalized spacial score (nSPS) is 11.2. The Labute approximate surface area is 131 Å². The molecule has 7 heteroatoms. The van der Waals surface area contributed by atoms with E-state index in [0.717, 1.165) is 11.6 Å². The monoisotopic (exact) mass is 374 g/mol. The minimum Gasteiger partial charge on any atom is -0.330 e. The Kier molecular flexibility index (Phi) is 3.40. The van der Waals surface area contributed by atoms with E-state index in [-0.39, 0.29) is 10.2 Å². The molecule has 0 aliphatic rings. The molecule has 2 nitrogen and oxygen atoms in total. The van der Waals surface area contributed by atoms with Crippen molar-refractivity contribution in [3.63, 3.8) is 0 Å². The van der Waals surface area contributed by atoms with Gasteiger partial charge in [-0.2, -0.15) is 0 Å². The van der Waals surface area contributed by atoms with Crippen LogP contribution in [0, 0.1) is 16.4 Å². The maximum Gasteiger partial charge on any atom is 0.182 e. The van der Waals surface area contributed by atoms with Gasteiger partial charge in [-0.1, -0.05) is 11.6 Å². The van der Waals surface area contributed by atoms with Crippen molar-refractivity contribution in [2.45, 2.75) is 0 Å². The van der Waals surface area contributed by atoms with Crippen molar-refractivity contribution >= 4 is 50.8 Å². The number of H-pyrrole nitrogens is 1. The first-order valence-corrected chi connectivity index (χ1v) is 7.10. The molecular weight excluding hydrogens is 370 g/mol. The number of aromatic amines is 1. The van der Waals surface area contributed by atoms with Crippen LogP contribution in [0.2, 0.25) is 5.02 Å². The number of nitrogens with zero attached hydrogens (tertiary/aromatic N) is 1. The highest BCUT2D eigenvalue weighted by Gasteiger charge is 2.14. The molecule has 0 saturated heterocycles. The number of nitrogens with one attached hydrogen (secondary N) is 1. The summed E-state index contributed by atoms with van der Waals surface area (Å²) in [6.07, 6.45) is 0. The van der Waals surface area contributed by atoms with E-state index in [4.69, 9.17) is 23.8 Å². The fraction of sp³-hybridized carbons (Fsp3) is 0. The van der Waals surface area contributed by atoms with E-state index in [1.54, 1.807) is 18.2 Å². The number of hydrogen-bond donors (Lipinski definition) is 1.